The van der Waals surface area contributed by atoms with Crippen LogP contribution in [0.25, 0.3) is 0 Å². The van der Waals surface area contributed by atoms with E-state index in [4.69, 9.17) is 11.6 Å². The van der Waals surface area contributed by atoms with E-state index in [0.29, 0.717) is 30.2 Å². The second-order valence-electron chi connectivity index (χ2n) is 4.96. The SMILES string of the molecule is CCNC(=NCc1cccs1)NCCNC(=O)c1ccc(Cl)cc1.I. The number of halogens is 2. The first kappa shape index (κ1) is 21.7. The summed E-state index contributed by atoms with van der Waals surface area (Å²) >= 11 is 7.50. The van der Waals surface area contributed by atoms with Gasteiger partial charge in [-0.3, -0.25) is 4.79 Å². The Morgan fingerprint density at radius 3 is 2.48 bits per heavy atom. The number of hydrogen-bond donors (Lipinski definition) is 3. The Balaban J connectivity index is 0.00000312. The highest BCUT2D eigenvalue weighted by atomic mass is 127. The number of benzene rings is 1. The fourth-order valence-corrected chi connectivity index (χ4v) is 2.72. The number of carbonyl (C=O) groups excluding carboxylic acids is 1. The molecule has 0 saturated heterocycles. The molecular formula is C17H22ClIN4OS. The fourth-order valence-electron chi connectivity index (χ4n) is 1.96. The van der Waals surface area contributed by atoms with Gasteiger partial charge >= 0.3 is 0 Å². The Hall–Kier alpha value is -1.32. The Bertz CT molecular complexity index is 662. The second-order valence-corrected chi connectivity index (χ2v) is 6.43. The fraction of sp³-hybridized carbons (Fsp3) is 0.294. The third-order valence-corrected chi connectivity index (χ3v) is 4.24. The lowest BCUT2D eigenvalue weighted by molar-refractivity contribution is 0.0954. The van der Waals surface area contributed by atoms with Crippen molar-refractivity contribution in [1.82, 2.24) is 16.0 Å². The first-order valence-electron chi connectivity index (χ1n) is 7.77. The van der Waals surface area contributed by atoms with E-state index in [0.717, 1.165) is 12.5 Å². The first-order chi connectivity index (χ1) is 11.7. The molecule has 0 aliphatic heterocycles. The van der Waals surface area contributed by atoms with E-state index >= 15 is 0 Å². The zero-order valence-electron chi connectivity index (χ0n) is 13.9. The van der Waals surface area contributed by atoms with Crippen LogP contribution in [0.15, 0.2) is 46.8 Å². The molecule has 1 amide bonds. The van der Waals surface area contributed by atoms with Gasteiger partial charge in [-0.1, -0.05) is 17.7 Å². The summed E-state index contributed by atoms with van der Waals surface area (Å²) in [5.74, 6) is 0.626. The molecule has 0 aliphatic carbocycles. The molecule has 3 N–H and O–H groups in total. The van der Waals surface area contributed by atoms with E-state index in [1.54, 1.807) is 35.6 Å². The van der Waals surface area contributed by atoms with Crippen LogP contribution in [0.1, 0.15) is 22.2 Å². The van der Waals surface area contributed by atoms with Crippen LogP contribution in [0.5, 0.6) is 0 Å². The van der Waals surface area contributed by atoms with Gasteiger partial charge in [-0.2, -0.15) is 0 Å². The Morgan fingerprint density at radius 2 is 1.84 bits per heavy atom. The summed E-state index contributed by atoms with van der Waals surface area (Å²) in [6.07, 6.45) is 0. The molecule has 1 aromatic heterocycles. The highest BCUT2D eigenvalue weighted by molar-refractivity contribution is 14.0. The van der Waals surface area contributed by atoms with Crippen LogP contribution < -0.4 is 16.0 Å². The predicted octanol–water partition coefficient (Wildman–Crippen LogP) is 3.50. The lowest BCUT2D eigenvalue weighted by atomic mass is 10.2. The van der Waals surface area contributed by atoms with E-state index in [-0.39, 0.29) is 29.9 Å². The first-order valence-corrected chi connectivity index (χ1v) is 9.03. The Labute approximate surface area is 174 Å². The topological polar surface area (TPSA) is 65.5 Å². The molecule has 8 heteroatoms. The van der Waals surface area contributed by atoms with Gasteiger partial charge in [-0.05, 0) is 42.6 Å². The van der Waals surface area contributed by atoms with E-state index in [9.17, 15) is 4.79 Å². The van der Waals surface area contributed by atoms with Crippen molar-refractivity contribution in [3.63, 3.8) is 0 Å². The average molecular weight is 493 g/mol. The van der Waals surface area contributed by atoms with Crippen LogP contribution in [0, 0.1) is 0 Å². The third kappa shape index (κ3) is 8.06. The monoisotopic (exact) mass is 492 g/mol. The minimum atomic E-state index is -0.117. The van der Waals surface area contributed by atoms with Gasteiger partial charge in [0.05, 0.1) is 6.54 Å². The molecule has 0 unspecified atom stereocenters. The van der Waals surface area contributed by atoms with Gasteiger partial charge in [-0.25, -0.2) is 4.99 Å². The quantitative estimate of drug-likeness (QED) is 0.240. The van der Waals surface area contributed by atoms with Crippen LogP contribution in [0.4, 0.5) is 0 Å². The van der Waals surface area contributed by atoms with Crippen molar-refractivity contribution in [2.24, 2.45) is 4.99 Å². The van der Waals surface area contributed by atoms with Crippen molar-refractivity contribution in [3.8, 4) is 0 Å². The van der Waals surface area contributed by atoms with Crippen LogP contribution >= 0.6 is 46.9 Å². The summed E-state index contributed by atoms with van der Waals surface area (Å²) in [4.78, 5) is 17.7. The molecule has 2 rings (SSSR count). The van der Waals surface area contributed by atoms with Gasteiger partial charge in [0.15, 0.2) is 5.96 Å². The van der Waals surface area contributed by atoms with Crippen molar-refractivity contribution in [2.75, 3.05) is 19.6 Å². The minimum Gasteiger partial charge on any atom is -0.357 e. The van der Waals surface area contributed by atoms with Crippen LogP contribution in [-0.2, 0) is 6.54 Å². The maximum absolute atomic E-state index is 12.0. The molecule has 2 aromatic rings. The summed E-state index contributed by atoms with van der Waals surface area (Å²) in [5.41, 5.74) is 0.595. The maximum Gasteiger partial charge on any atom is 0.251 e. The Kier molecular flexibility index (Phi) is 10.5. The van der Waals surface area contributed by atoms with E-state index in [1.807, 2.05) is 18.4 Å². The summed E-state index contributed by atoms with van der Waals surface area (Å²) < 4.78 is 0. The van der Waals surface area contributed by atoms with Crippen LogP contribution in [-0.4, -0.2) is 31.5 Å². The molecule has 25 heavy (non-hydrogen) atoms. The number of nitrogens with zero attached hydrogens (tertiary/aromatic N) is 1. The van der Waals surface area contributed by atoms with Crippen molar-refractivity contribution in [2.45, 2.75) is 13.5 Å². The highest BCUT2D eigenvalue weighted by Crippen LogP contribution is 2.09. The maximum atomic E-state index is 12.0. The van der Waals surface area contributed by atoms with Gasteiger partial charge in [0.1, 0.15) is 0 Å². The summed E-state index contributed by atoms with van der Waals surface area (Å²) in [6, 6.07) is 10.9. The Morgan fingerprint density at radius 1 is 1.12 bits per heavy atom. The number of hydrogen-bond acceptors (Lipinski definition) is 3. The molecule has 0 saturated carbocycles. The molecule has 0 aliphatic rings. The largest absolute Gasteiger partial charge is 0.357 e. The molecule has 0 atom stereocenters. The normalized spacial score (nSPS) is 10.7. The molecule has 0 bridgehead atoms. The summed E-state index contributed by atoms with van der Waals surface area (Å²) in [6.45, 7) is 4.54. The summed E-state index contributed by atoms with van der Waals surface area (Å²) in [7, 11) is 0. The van der Waals surface area contributed by atoms with Gasteiger partial charge < -0.3 is 16.0 Å². The van der Waals surface area contributed by atoms with Crippen molar-refractivity contribution in [1.29, 1.82) is 0 Å². The number of carbonyl (C=O) groups is 1. The van der Waals surface area contributed by atoms with Crippen LogP contribution in [0.3, 0.4) is 0 Å². The molecule has 1 aromatic carbocycles. The lowest BCUT2D eigenvalue weighted by Gasteiger charge is -2.11. The standard InChI is InChI=1S/C17H21ClN4OS.HI/c1-2-19-17(22-12-15-4-3-11-24-15)21-10-9-20-16(23)13-5-7-14(18)8-6-13;/h3-8,11H,2,9-10,12H2,1H3,(H,20,23)(H2,19,21,22);1H. The molecule has 1 heterocycles. The van der Waals surface area contributed by atoms with Gasteiger partial charge in [0, 0.05) is 35.1 Å². The number of rotatable bonds is 7. The molecule has 5 nitrogen and oxygen atoms in total. The number of amides is 1. The van der Waals surface area contributed by atoms with Gasteiger partial charge in [0.25, 0.3) is 5.91 Å². The predicted molar refractivity (Wildman–Crippen MR) is 116 cm³/mol. The summed E-state index contributed by atoms with van der Waals surface area (Å²) in [5, 5.41) is 11.9. The molecule has 136 valence electrons. The van der Waals surface area contributed by atoms with E-state index < -0.39 is 0 Å². The molecule has 0 radical (unpaired) electrons. The van der Waals surface area contributed by atoms with Crippen molar-refractivity contribution < 1.29 is 4.79 Å². The molecule has 0 fully saturated rings. The lowest BCUT2D eigenvalue weighted by Crippen LogP contribution is -2.41. The molecule has 0 spiro atoms. The van der Waals surface area contributed by atoms with Gasteiger partial charge in [-0.15, -0.1) is 35.3 Å². The number of guanidine groups is 1. The number of thiophene rings is 1. The number of nitrogens with one attached hydrogen (secondary N) is 3. The van der Waals surface area contributed by atoms with Gasteiger partial charge in [0.2, 0.25) is 0 Å². The molecular weight excluding hydrogens is 471 g/mol. The second kappa shape index (κ2) is 12.1. The number of aliphatic imine (C=N–C) groups is 1. The zero-order valence-corrected chi connectivity index (χ0v) is 17.8. The average Bonchev–Trinajstić information content (AvgIpc) is 3.10. The van der Waals surface area contributed by atoms with Crippen molar-refractivity contribution in [3.05, 3.63) is 57.2 Å². The van der Waals surface area contributed by atoms with E-state index in [1.165, 1.54) is 4.88 Å². The zero-order chi connectivity index (χ0) is 17.2. The minimum absolute atomic E-state index is 0. The smallest absolute Gasteiger partial charge is 0.251 e. The van der Waals surface area contributed by atoms with Crippen LogP contribution in [0.2, 0.25) is 5.02 Å². The highest BCUT2D eigenvalue weighted by Gasteiger charge is 2.04. The van der Waals surface area contributed by atoms with Crippen molar-refractivity contribution >= 4 is 58.8 Å². The van der Waals surface area contributed by atoms with E-state index in [2.05, 4.69) is 27.0 Å². The third-order valence-electron chi connectivity index (χ3n) is 3.13.